The second-order valence-corrected chi connectivity index (χ2v) is 31.8. The van der Waals surface area contributed by atoms with Crippen molar-refractivity contribution in [2.45, 2.75) is 62.7 Å². The molecule has 4 aliphatic rings. The van der Waals surface area contributed by atoms with E-state index in [2.05, 4.69) is 264 Å². The van der Waals surface area contributed by atoms with Crippen molar-refractivity contribution in [1.82, 2.24) is 29.9 Å². The molecule has 143 heavy (non-hydrogen) atoms. The van der Waals surface area contributed by atoms with Crippen LogP contribution < -0.4 is 23.5 Å². The van der Waals surface area contributed by atoms with E-state index in [1.807, 2.05) is 286 Å². The van der Waals surface area contributed by atoms with Gasteiger partial charge in [-0.2, -0.15) is 39.5 Å². The molecule has 0 saturated heterocycles. The van der Waals surface area contributed by atoms with Gasteiger partial charge < -0.3 is 34.7 Å². The van der Waals surface area contributed by atoms with Crippen molar-refractivity contribution in [1.29, 1.82) is 0 Å². The summed E-state index contributed by atoms with van der Waals surface area (Å²) in [5.74, 6) is 1.10. The average molecular weight is 2400 g/mol. The van der Waals surface area contributed by atoms with Crippen molar-refractivity contribution >= 4 is 11.4 Å². The molecule has 0 atom stereocenters. The predicted octanol–water partition coefficient (Wildman–Crippen LogP) is 29.4. The molecule has 13 aromatic carbocycles. The predicted molar refractivity (Wildman–Crippen MR) is 575 cm³/mol. The van der Waals surface area contributed by atoms with Gasteiger partial charge in [-0.25, -0.2) is 4.57 Å². The van der Waals surface area contributed by atoms with Crippen LogP contribution in [0.2, 0.25) is 0 Å². The molecule has 0 aliphatic carbocycles. The van der Waals surface area contributed by atoms with E-state index < -0.39 is 0 Å². The Morgan fingerprint density at radius 3 is 1.31 bits per heavy atom. The molecule has 0 N–H and O–H groups in total. The number of fused-ring (bicyclic) bond motifs is 9. The zero-order chi connectivity index (χ0) is 99.3. The summed E-state index contributed by atoms with van der Waals surface area (Å²) in [6.07, 6.45) is 19.0. The summed E-state index contributed by atoms with van der Waals surface area (Å²) in [5, 5.41) is 0. The molecular formula is C129H111Ir3N11-. The molecule has 11 nitrogen and oxygen atoms in total. The molecule has 2 radical (unpaired) electrons. The summed E-state index contributed by atoms with van der Waals surface area (Å²) in [4.78, 5) is 30.4. The molecule has 0 saturated carbocycles. The van der Waals surface area contributed by atoms with Gasteiger partial charge in [0.05, 0.1) is 32.5 Å². The number of benzene rings is 13. The molecule has 25 rings (SSSR count). The van der Waals surface area contributed by atoms with E-state index in [0.717, 1.165) is 97.8 Å². The quantitative estimate of drug-likeness (QED) is 0.0987. The number of hydrogen-bond acceptors (Lipinski definition) is 8. The summed E-state index contributed by atoms with van der Waals surface area (Å²) >= 11 is 0. The molecule has 0 spiro atoms. The summed E-state index contributed by atoms with van der Waals surface area (Å²) in [7, 11) is 0. The molecule has 12 heterocycles. The van der Waals surface area contributed by atoms with Gasteiger partial charge in [0.15, 0.2) is 31.2 Å². The van der Waals surface area contributed by atoms with E-state index in [4.69, 9.17) is 9.60 Å². The number of aromatic nitrogens is 9. The van der Waals surface area contributed by atoms with Crippen molar-refractivity contribution in [2.24, 2.45) is 0 Å². The van der Waals surface area contributed by atoms with Crippen molar-refractivity contribution in [3.63, 3.8) is 0 Å². The third-order valence-corrected chi connectivity index (χ3v) is 22.5. The summed E-state index contributed by atoms with van der Waals surface area (Å²) in [6.45, 7) is 10.5. The fraction of sp³-hybridized carbons (Fsp3) is 0.0698. The van der Waals surface area contributed by atoms with Crippen LogP contribution in [0.5, 0.6) is 0 Å². The molecule has 0 fully saturated rings. The normalized spacial score (nSPS) is 11.5. The number of rotatable bonds is 10. The van der Waals surface area contributed by atoms with Crippen LogP contribution in [0.25, 0.3) is 124 Å². The van der Waals surface area contributed by atoms with E-state index in [9.17, 15) is 0 Å². The maximum Gasteiger partial charge on any atom is 3.00 e. The largest absolute Gasteiger partial charge is 3.00 e. The molecule has 8 aromatic heterocycles. The third kappa shape index (κ3) is 29.5. The van der Waals surface area contributed by atoms with Gasteiger partial charge in [0, 0.05) is 136 Å². The van der Waals surface area contributed by atoms with E-state index in [0.29, 0.717) is 5.56 Å². The molecule has 0 amide bonds. The number of nitrogens with zero attached hydrogens (tertiary/aromatic N) is 11. The minimum absolute atomic E-state index is 0. The average Bonchev–Trinajstić information content (AvgIpc) is 1.58. The number of hydrogen-bond donors (Lipinski definition) is 0. The van der Waals surface area contributed by atoms with E-state index in [1.165, 1.54) is 73.1 Å². The van der Waals surface area contributed by atoms with Crippen LogP contribution in [0.1, 0.15) is 65.4 Å². The van der Waals surface area contributed by atoms with Gasteiger partial charge in [-0.3, -0.25) is 0 Å². The number of para-hydroxylation sites is 2. The van der Waals surface area contributed by atoms with Crippen molar-refractivity contribution in [3.8, 4) is 124 Å². The maximum absolute atomic E-state index is 7.97. The Kier molecular flexibility index (Phi) is 38.1. The number of pyridine rings is 7. The van der Waals surface area contributed by atoms with Gasteiger partial charge in [0.25, 0.3) is 0 Å². The van der Waals surface area contributed by atoms with Crippen LogP contribution in [0.3, 0.4) is 0 Å². The maximum atomic E-state index is 7.97. The Bertz CT molecular complexity index is 7510. The SMILES string of the molecule is C.C.C.Cc1cc(-c2[c-]cccc2)ncc1-c1ccccc1.Cc1cc[n+]2c(n1)-c1ccccc1C2.Cc1ccccc1-c1ccc(-c2[c-]cccc2)nc1.[2H]c1c[n+]2c(c([2H])c1[2H])-c1c([2H])c([2H])c([2H])c([2H])c1C2.[Ir+3].[Ir].[Ir].[c-]1ccccc1-c1ccccn1.[c-]1ccccc1-c1ccccn1.[c-]1ccccc1-c1ccccn1.[c-]1ccccc1N1C=CN(c2ccccc2)[CH-]1.c1ccc(-c2ccc3c(c2)-c2cccc[n+]2C3)cc1. The minimum atomic E-state index is -0.344. The first-order valence-corrected chi connectivity index (χ1v) is 45.1. The summed E-state index contributed by atoms with van der Waals surface area (Å²) in [5.41, 5.74) is 30.8. The Labute approximate surface area is 895 Å². The fourth-order valence-corrected chi connectivity index (χ4v) is 15.6. The zero-order valence-electron chi connectivity index (χ0n) is 84.0. The number of anilines is 2. The minimum Gasteiger partial charge on any atom is -0.500 e. The van der Waals surface area contributed by atoms with Crippen LogP contribution in [0.4, 0.5) is 11.4 Å². The Hall–Kier alpha value is -15.7. The van der Waals surface area contributed by atoms with E-state index >= 15 is 0 Å². The van der Waals surface area contributed by atoms with Crippen molar-refractivity contribution in [2.75, 3.05) is 9.80 Å². The van der Waals surface area contributed by atoms with Crippen molar-refractivity contribution in [3.05, 3.63) is 581 Å². The second-order valence-electron chi connectivity index (χ2n) is 31.8. The van der Waals surface area contributed by atoms with Crippen LogP contribution in [-0.4, -0.2) is 29.9 Å². The molecule has 710 valence electrons. The van der Waals surface area contributed by atoms with Gasteiger partial charge in [-0.15, -0.1) is 192 Å². The Morgan fingerprint density at radius 2 is 0.762 bits per heavy atom. The van der Waals surface area contributed by atoms with Gasteiger partial charge in [0.1, 0.15) is 6.54 Å². The first-order chi connectivity index (χ1) is 70.6. The van der Waals surface area contributed by atoms with Crippen LogP contribution in [0.15, 0.2) is 505 Å². The monoisotopic (exact) mass is 2400 g/mol. The van der Waals surface area contributed by atoms with Gasteiger partial charge >= 0.3 is 25.9 Å². The van der Waals surface area contributed by atoms with Crippen LogP contribution in [-0.2, 0) is 80.0 Å². The fourth-order valence-electron chi connectivity index (χ4n) is 15.6. The van der Waals surface area contributed by atoms with Gasteiger partial charge in [-0.05, 0) is 159 Å². The second kappa shape index (κ2) is 55.9. The molecule has 4 aliphatic heterocycles. The Morgan fingerprint density at radius 1 is 0.301 bits per heavy atom. The molecular weight excluding hydrogens is 2280 g/mol. The van der Waals surface area contributed by atoms with Gasteiger partial charge in [-0.1, -0.05) is 228 Å². The summed E-state index contributed by atoms with van der Waals surface area (Å²) < 4.78 is 60.6. The first kappa shape index (κ1) is 97.5. The standard InChI is InChI=1S/3C18H14N.C15H12N2.C12H11N2.C12H10N.3C11H8N.3CH4.3Ir/c1-2-6-14(7-3-1)15-9-10-16-13-19-11-5-4-8-18(19)17(16)12-15;1-14-12-18(16-10-6-3-7-11-16)19-13-17(14)15-8-4-2-5-9-15;1-14-7-5-6-10-17(14)16-11-12-18(19-13-16)15-8-3-2-4-9-15;1-3-7-14(8-4-1)16-11-12-17(13-16)15-9-5-2-6-10-15;1-9-6-7-14-8-10-4-2-3-5-11(10)12(14)13-9;1-2-6-11-10(5-1)9-13-8-4-3-7-12(11)13;3*1-2-6-10(7-3-1)11-8-4-5-9-12-11;;;;;;/h1-12H,13H2;2-10,12-13H,1H3;2-8,10-13H,1H3;1-9,11-13H;2-7H,8H2,1H3;1-8H,9H2;3*1-6,8-9H;3*1H4;;;/q+1;2*-1;-2;2*+1;3*-1;;;;;;+3/i;;;;;1D,2D,3D,4D,5D,6D,7D;;;;;;;;;. The van der Waals surface area contributed by atoms with Crippen LogP contribution >= 0.6 is 0 Å². The summed E-state index contributed by atoms with van der Waals surface area (Å²) in [6, 6.07) is 152. The zero-order valence-corrected chi connectivity index (χ0v) is 84.2. The molecule has 14 heteroatoms. The van der Waals surface area contributed by atoms with Crippen LogP contribution in [0, 0.1) is 63.8 Å². The van der Waals surface area contributed by atoms with Gasteiger partial charge in [0.2, 0.25) is 11.4 Å². The van der Waals surface area contributed by atoms with E-state index in [1.54, 1.807) is 23.2 Å². The first-order valence-electron chi connectivity index (χ1n) is 48.6. The molecule has 0 bridgehead atoms. The molecule has 21 aromatic rings. The Balaban J connectivity index is 0.000000160. The van der Waals surface area contributed by atoms with Crippen molar-refractivity contribution < 1.29 is 83.6 Å². The molecule has 0 unspecified atom stereocenters. The smallest absolute Gasteiger partial charge is 0.500 e. The number of aryl methyl sites for hydroxylation is 3. The van der Waals surface area contributed by atoms with E-state index in [-0.39, 0.29) is 143 Å². The topological polar surface area (TPSA) is 95.5 Å². The third-order valence-electron chi connectivity index (χ3n) is 22.5.